The summed E-state index contributed by atoms with van der Waals surface area (Å²) in [6, 6.07) is 0. The Balaban J connectivity index is 2.03. The highest BCUT2D eigenvalue weighted by molar-refractivity contribution is 5.19. The van der Waals surface area contributed by atoms with E-state index in [0.717, 1.165) is 23.8 Å². The normalized spacial score (nSPS) is 20.7. The molecule has 1 aromatic rings. The van der Waals surface area contributed by atoms with Crippen molar-refractivity contribution in [3.05, 3.63) is 17.2 Å². The molecule has 1 aromatic heterocycles. The van der Waals surface area contributed by atoms with Crippen molar-refractivity contribution in [2.24, 2.45) is 0 Å². The molecule has 0 amide bonds. The highest BCUT2D eigenvalue weighted by Crippen LogP contribution is 2.27. The average Bonchev–Trinajstić information content (AvgIpc) is 2.64. The van der Waals surface area contributed by atoms with Gasteiger partial charge in [0.05, 0.1) is 30.6 Å². The average molecular weight is 209 g/mol. The summed E-state index contributed by atoms with van der Waals surface area (Å²) in [5, 5.41) is 3.41. The van der Waals surface area contributed by atoms with E-state index < -0.39 is 0 Å². The highest BCUT2D eigenvalue weighted by atomic mass is 16.5. The van der Waals surface area contributed by atoms with Gasteiger partial charge in [0.15, 0.2) is 0 Å². The van der Waals surface area contributed by atoms with E-state index in [9.17, 15) is 0 Å². The third-order valence-electron chi connectivity index (χ3n) is 2.51. The third-order valence-corrected chi connectivity index (χ3v) is 2.51. The first-order valence-corrected chi connectivity index (χ1v) is 5.40. The highest BCUT2D eigenvalue weighted by Gasteiger charge is 2.23. The van der Waals surface area contributed by atoms with E-state index in [1.54, 1.807) is 0 Å². The van der Waals surface area contributed by atoms with Crippen LogP contribution < -0.4 is 5.32 Å². The molecule has 4 nitrogen and oxygen atoms in total. The van der Waals surface area contributed by atoms with E-state index in [1.165, 1.54) is 0 Å². The second-order valence-electron chi connectivity index (χ2n) is 5.10. The van der Waals surface area contributed by atoms with Gasteiger partial charge >= 0.3 is 0 Å². The van der Waals surface area contributed by atoms with Gasteiger partial charge in [0.25, 0.3) is 0 Å². The molecule has 2 rings (SSSR count). The Morgan fingerprint density at radius 1 is 1.53 bits per heavy atom. The van der Waals surface area contributed by atoms with Crippen molar-refractivity contribution in [2.75, 3.05) is 0 Å². The fraction of sp³-hybridized carbons (Fsp3) is 0.727. The molecule has 1 unspecified atom stereocenters. The zero-order chi connectivity index (χ0) is 11.1. The Hall–Kier alpha value is -0.870. The summed E-state index contributed by atoms with van der Waals surface area (Å²) in [5.74, 6) is 1.00. The number of imidazole rings is 1. The van der Waals surface area contributed by atoms with Crippen molar-refractivity contribution in [2.45, 2.75) is 52.5 Å². The maximum Gasteiger partial charge on any atom is 0.120 e. The van der Waals surface area contributed by atoms with Crippen molar-refractivity contribution >= 4 is 0 Å². The molecular weight excluding hydrogens is 190 g/mol. The number of H-pyrrole nitrogens is 1. The number of aromatic nitrogens is 2. The van der Waals surface area contributed by atoms with Crippen LogP contribution in [-0.2, 0) is 17.9 Å². The molecule has 1 aliphatic heterocycles. The van der Waals surface area contributed by atoms with Crippen LogP contribution in [0.15, 0.2) is 0 Å². The number of nitrogens with zero attached hydrogens (tertiary/aromatic N) is 1. The molecule has 84 valence electrons. The van der Waals surface area contributed by atoms with Gasteiger partial charge in [0.2, 0.25) is 0 Å². The number of nitrogens with one attached hydrogen (secondary N) is 2. The summed E-state index contributed by atoms with van der Waals surface area (Å²) in [7, 11) is 0. The fourth-order valence-electron chi connectivity index (χ4n) is 1.65. The summed E-state index contributed by atoms with van der Waals surface area (Å²) in [5.41, 5.74) is 2.33. The first-order chi connectivity index (χ1) is 6.96. The Kier molecular flexibility index (Phi) is 2.56. The van der Waals surface area contributed by atoms with Crippen LogP contribution in [0.1, 0.15) is 51.0 Å². The van der Waals surface area contributed by atoms with Crippen LogP contribution in [-0.4, -0.2) is 15.5 Å². The molecule has 0 aliphatic carbocycles. The second-order valence-corrected chi connectivity index (χ2v) is 5.10. The molecule has 1 aliphatic rings. The summed E-state index contributed by atoms with van der Waals surface area (Å²) >= 11 is 0. The minimum atomic E-state index is 0.124. The largest absolute Gasteiger partial charge is 0.366 e. The van der Waals surface area contributed by atoms with Gasteiger partial charge in [-0.15, -0.1) is 0 Å². The zero-order valence-corrected chi connectivity index (χ0v) is 9.85. The van der Waals surface area contributed by atoms with Crippen molar-refractivity contribution in [1.82, 2.24) is 15.3 Å². The topological polar surface area (TPSA) is 49.9 Å². The van der Waals surface area contributed by atoms with Gasteiger partial charge in [0, 0.05) is 5.54 Å². The lowest BCUT2D eigenvalue weighted by Gasteiger charge is -2.19. The first-order valence-electron chi connectivity index (χ1n) is 5.40. The quantitative estimate of drug-likeness (QED) is 0.782. The predicted octanol–water partition coefficient (Wildman–Crippen LogP) is 1.89. The van der Waals surface area contributed by atoms with Gasteiger partial charge in [-0.3, -0.25) is 0 Å². The number of hydrogen-bond acceptors (Lipinski definition) is 3. The molecule has 0 aromatic carbocycles. The number of aromatic amines is 1. The van der Waals surface area contributed by atoms with E-state index >= 15 is 0 Å². The molecule has 0 saturated carbocycles. The van der Waals surface area contributed by atoms with Crippen molar-refractivity contribution in [1.29, 1.82) is 0 Å². The van der Waals surface area contributed by atoms with Crippen LogP contribution in [0.2, 0.25) is 0 Å². The minimum Gasteiger partial charge on any atom is -0.366 e. The number of hydrogen-bond donors (Lipinski definition) is 2. The van der Waals surface area contributed by atoms with Crippen molar-refractivity contribution in [3.63, 3.8) is 0 Å². The Morgan fingerprint density at radius 3 is 2.87 bits per heavy atom. The standard InChI is InChI=1S/C11H19N3O/c1-7-10-8(6-15-7)13-9(14-10)5-12-11(2,3)4/h7,12H,5-6H2,1-4H3,(H,13,14). The molecule has 0 spiro atoms. The lowest BCUT2D eigenvalue weighted by Crippen LogP contribution is -2.35. The number of fused-ring (bicyclic) bond motifs is 1. The maximum absolute atomic E-state index is 5.45. The number of rotatable bonds is 2. The van der Waals surface area contributed by atoms with E-state index in [2.05, 4.69) is 36.1 Å². The van der Waals surface area contributed by atoms with Gasteiger partial charge < -0.3 is 15.0 Å². The summed E-state index contributed by atoms with van der Waals surface area (Å²) in [6.07, 6.45) is 0.139. The van der Waals surface area contributed by atoms with Crippen LogP contribution in [0.4, 0.5) is 0 Å². The second kappa shape index (κ2) is 3.61. The molecule has 2 N–H and O–H groups in total. The molecule has 4 heteroatoms. The lowest BCUT2D eigenvalue weighted by molar-refractivity contribution is 0.0757. The van der Waals surface area contributed by atoms with Gasteiger partial charge in [-0.05, 0) is 27.7 Å². The SMILES string of the molecule is CC1OCc2[nH]c(CNC(C)(C)C)nc21. The lowest BCUT2D eigenvalue weighted by atomic mass is 10.1. The molecule has 0 saturated heterocycles. The van der Waals surface area contributed by atoms with Crippen LogP contribution in [0, 0.1) is 0 Å². The molecule has 0 bridgehead atoms. The van der Waals surface area contributed by atoms with Crippen LogP contribution in [0.3, 0.4) is 0 Å². The molecule has 0 radical (unpaired) electrons. The van der Waals surface area contributed by atoms with Gasteiger partial charge in [0.1, 0.15) is 5.82 Å². The Labute approximate surface area is 90.4 Å². The number of ether oxygens (including phenoxy) is 1. The van der Waals surface area contributed by atoms with E-state index in [4.69, 9.17) is 4.74 Å². The van der Waals surface area contributed by atoms with Crippen LogP contribution in [0.25, 0.3) is 0 Å². The Morgan fingerprint density at radius 2 is 2.27 bits per heavy atom. The molecule has 1 atom stereocenters. The minimum absolute atomic E-state index is 0.124. The van der Waals surface area contributed by atoms with Gasteiger partial charge in [-0.2, -0.15) is 0 Å². The van der Waals surface area contributed by atoms with Crippen molar-refractivity contribution < 1.29 is 4.74 Å². The fourth-order valence-corrected chi connectivity index (χ4v) is 1.65. The maximum atomic E-state index is 5.45. The smallest absolute Gasteiger partial charge is 0.120 e. The zero-order valence-electron chi connectivity index (χ0n) is 9.85. The van der Waals surface area contributed by atoms with E-state index in [-0.39, 0.29) is 11.6 Å². The molecule has 0 fully saturated rings. The predicted molar refractivity (Wildman–Crippen MR) is 58.4 cm³/mol. The summed E-state index contributed by atoms with van der Waals surface area (Å²) in [4.78, 5) is 7.83. The molecular formula is C11H19N3O. The van der Waals surface area contributed by atoms with Gasteiger partial charge in [-0.1, -0.05) is 0 Å². The first kappa shape index (κ1) is 10.6. The monoisotopic (exact) mass is 209 g/mol. The summed E-state index contributed by atoms with van der Waals surface area (Å²) < 4.78 is 5.45. The van der Waals surface area contributed by atoms with Crippen molar-refractivity contribution in [3.8, 4) is 0 Å². The molecule has 15 heavy (non-hydrogen) atoms. The van der Waals surface area contributed by atoms with E-state index in [0.29, 0.717) is 6.61 Å². The van der Waals surface area contributed by atoms with Crippen LogP contribution in [0.5, 0.6) is 0 Å². The summed E-state index contributed by atoms with van der Waals surface area (Å²) in [6.45, 7) is 9.93. The Bertz CT molecular complexity index is 351. The molecule has 2 heterocycles. The van der Waals surface area contributed by atoms with Crippen LogP contribution >= 0.6 is 0 Å². The third kappa shape index (κ3) is 2.38. The van der Waals surface area contributed by atoms with Gasteiger partial charge in [-0.25, -0.2) is 4.98 Å². The van der Waals surface area contributed by atoms with E-state index in [1.807, 2.05) is 6.92 Å².